The summed E-state index contributed by atoms with van der Waals surface area (Å²) in [6.07, 6.45) is 15.8. The Labute approximate surface area is 249 Å². The van der Waals surface area contributed by atoms with Crippen molar-refractivity contribution in [1.29, 1.82) is 0 Å². The second kappa shape index (κ2) is 16.1. The Morgan fingerprint density at radius 3 is 1.33 bits per heavy atom. The van der Waals surface area contributed by atoms with Gasteiger partial charge in [-0.25, -0.2) is 9.59 Å². The van der Waals surface area contributed by atoms with Gasteiger partial charge in [-0.1, -0.05) is 112 Å². The highest BCUT2D eigenvalue weighted by Crippen LogP contribution is 2.33. The lowest BCUT2D eigenvalue weighted by Crippen LogP contribution is -2.06. The SMILES string of the molecule is CCCCCc1ccc(C=CC(=O)Oc2ccc(OC(=O)C=Cc3ccc(CCCCC)cc3)c3ccccc23)cc1. The van der Waals surface area contributed by atoms with Crippen LogP contribution in [-0.4, -0.2) is 11.9 Å². The van der Waals surface area contributed by atoms with Crippen LogP contribution in [0.2, 0.25) is 0 Å². The minimum Gasteiger partial charge on any atom is -0.423 e. The van der Waals surface area contributed by atoms with E-state index in [1.807, 2.05) is 48.5 Å². The van der Waals surface area contributed by atoms with E-state index in [-0.39, 0.29) is 0 Å². The third kappa shape index (κ3) is 9.31. The van der Waals surface area contributed by atoms with E-state index in [2.05, 4.69) is 38.1 Å². The maximum absolute atomic E-state index is 12.6. The lowest BCUT2D eigenvalue weighted by Gasteiger charge is -2.10. The molecule has 0 heterocycles. The van der Waals surface area contributed by atoms with E-state index >= 15 is 0 Å². The molecule has 0 saturated heterocycles. The highest BCUT2D eigenvalue weighted by atomic mass is 16.5. The molecule has 0 spiro atoms. The molecule has 0 aliphatic rings. The lowest BCUT2D eigenvalue weighted by molar-refractivity contribution is -0.129. The van der Waals surface area contributed by atoms with Crippen molar-refractivity contribution in [3.63, 3.8) is 0 Å². The van der Waals surface area contributed by atoms with Crippen LogP contribution in [0.1, 0.15) is 74.6 Å². The molecule has 4 nitrogen and oxygen atoms in total. The normalized spacial score (nSPS) is 11.4. The number of fused-ring (bicyclic) bond motifs is 1. The van der Waals surface area contributed by atoms with Crippen molar-refractivity contribution in [2.75, 3.05) is 0 Å². The minimum absolute atomic E-state index is 0.404. The molecule has 0 aromatic heterocycles. The summed E-state index contributed by atoms with van der Waals surface area (Å²) in [5.74, 6) is -0.144. The van der Waals surface area contributed by atoms with Crippen molar-refractivity contribution < 1.29 is 19.1 Å². The lowest BCUT2D eigenvalue weighted by atomic mass is 10.1. The van der Waals surface area contributed by atoms with Gasteiger partial charge in [0.25, 0.3) is 0 Å². The summed E-state index contributed by atoms with van der Waals surface area (Å²) in [4.78, 5) is 25.3. The number of hydrogen-bond acceptors (Lipinski definition) is 4. The van der Waals surface area contributed by atoms with E-state index in [1.165, 1.54) is 61.8 Å². The molecule has 0 bridgehead atoms. The Morgan fingerprint density at radius 1 is 0.548 bits per heavy atom. The number of carbonyl (C=O) groups is 2. The van der Waals surface area contributed by atoms with Gasteiger partial charge in [0.1, 0.15) is 11.5 Å². The van der Waals surface area contributed by atoms with Gasteiger partial charge >= 0.3 is 11.9 Å². The van der Waals surface area contributed by atoms with Gasteiger partial charge in [0.15, 0.2) is 0 Å². The van der Waals surface area contributed by atoms with E-state index in [4.69, 9.17) is 9.47 Å². The van der Waals surface area contributed by atoms with Crippen molar-refractivity contribution >= 4 is 34.9 Å². The molecule has 0 fully saturated rings. The second-order valence-electron chi connectivity index (χ2n) is 10.5. The van der Waals surface area contributed by atoms with Crippen molar-refractivity contribution in [1.82, 2.24) is 0 Å². The van der Waals surface area contributed by atoms with E-state index in [0.717, 1.165) is 24.0 Å². The van der Waals surface area contributed by atoms with Crippen LogP contribution in [0.3, 0.4) is 0 Å². The largest absolute Gasteiger partial charge is 0.423 e. The molecule has 4 aromatic carbocycles. The molecule has 0 atom stereocenters. The molecule has 0 N–H and O–H groups in total. The predicted octanol–water partition coefficient (Wildman–Crippen LogP) is 9.54. The number of aryl methyl sites for hydroxylation is 2. The third-order valence-electron chi connectivity index (χ3n) is 7.19. The van der Waals surface area contributed by atoms with Crippen molar-refractivity contribution in [3.05, 3.63) is 119 Å². The van der Waals surface area contributed by atoms with Gasteiger partial charge in [0, 0.05) is 22.9 Å². The molecule has 0 radical (unpaired) electrons. The zero-order valence-corrected chi connectivity index (χ0v) is 24.7. The Kier molecular flexibility index (Phi) is 11.7. The first-order valence-electron chi connectivity index (χ1n) is 15.0. The number of esters is 2. The van der Waals surface area contributed by atoms with E-state index < -0.39 is 11.9 Å². The third-order valence-corrected chi connectivity index (χ3v) is 7.19. The molecule has 0 unspecified atom stereocenters. The van der Waals surface area contributed by atoms with Gasteiger partial charge < -0.3 is 9.47 Å². The Morgan fingerprint density at radius 2 is 0.952 bits per heavy atom. The molecule has 42 heavy (non-hydrogen) atoms. The van der Waals surface area contributed by atoms with Crippen LogP contribution in [0.15, 0.2) is 97.1 Å². The first kappa shape index (κ1) is 30.5. The summed E-state index contributed by atoms with van der Waals surface area (Å²) in [7, 11) is 0. The fraction of sp³-hybridized carbons (Fsp3) is 0.263. The molecule has 0 aliphatic heterocycles. The van der Waals surface area contributed by atoms with Crippen LogP contribution in [0.25, 0.3) is 22.9 Å². The molecule has 216 valence electrons. The number of carbonyl (C=O) groups excluding carboxylic acids is 2. The maximum Gasteiger partial charge on any atom is 0.336 e. The van der Waals surface area contributed by atoms with Gasteiger partial charge in [0.2, 0.25) is 0 Å². The number of hydrogen-bond donors (Lipinski definition) is 0. The maximum atomic E-state index is 12.6. The van der Waals surface area contributed by atoms with Crippen LogP contribution >= 0.6 is 0 Å². The number of benzene rings is 4. The fourth-order valence-corrected chi connectivity index (χ4v) is 4.78. The van der Waals surface area contributed by atoms with Gasteiger partial charge in [-0.15, -0.1) is 0 Å². The predicted molar refractivity (Wildman–Crippen MR) is 173 cm³/mol. The monoisotopic (exact) mass is 560 g/mol. The summed E-state index contributed by atoms with van der Waals surface area (Å²) >= 11 is 0. The van der Waals surface area contributed by atoms with Gasteiger partial charge in [0.05, 0.1) is 0 Å². The van der Waals surface area contributed by atoms with Crippen LogP contribution < -0.4 is 9.47 Å². The highest BCUT2D eigenvalue weighted by Gasteiger charge is 2.12. The summed E-state index contributed by atoms with van der Waals surface area (Å²) < 4.78 is 11.3. The van der Waals surface area contributed by atoms with Gasteiger partial charge in [-0.05, 0) is 72.2 Å². The number of unbranched alkanes of at least 4 members (excludes halogenated alkanes) is 4. The van der Waals surface area contributed by atoms with Crippen LogP contribution in [0.4, 0.5) is 0 Å². The van der Waals surface area contributed by atoms with Gasteiger partial charge in [-0.3, -0.25) is 0 Å². The molecule has 0 saturated carbocycles. The molecule has 4 heteroatoms. The Hall–Kier alpha value is -4.44. The summed E-state index contributed by atoms with van der Waals surface area (Å²) in [6.45, 7) is 4.40. The zero-order valence-electron chi connectivity index (χ0n) is 24.7. The van der Waals surface area contributed by atoms with Gasteiger partial charge in [-0.2, -0.15) is 0 Å². The standard InChI is InChI=1S/C38H40O4/c1-3-5-7-11-29-15-19-31(20-16-29)23-27-37(39)41-35-25-26-36(34-14-10-9-13-33(34)35)42-38(40)28-24-32-21-17-30(18-22-32)12-8-6-4-2/h9-10,13-28H,3-8,11-12H2,1-2H3. The van der Waals surface area contributed by atoms with Crippen molar-refractivity contribution in [2.24, 2.45) is 0 Å². The van der Waals surface area contributed by atoms with Crippen molar-refractivity contribution in [2.45, 2.75) is 65.2 Å². The number of ether oxygens (including phenoxy) is 2. The minimum atomic E-state index is -0.476. The quantitative estimate of drug-likeness (QED) is 0.0667. The number of rotatable bonds is 14. The topological polar surface area (TPSA) is 52.6 Å². The molecular weight excluding hydrogens is 520 g/mol. The molecule has 0 aliphatic carbocycles. The smallest absolute Gasteiger partial charge is 0.336 e. The summed E-state index contributed by atoms with van der Waals surface area (Å²) in [6, 6.07) is 27.2. The van der Waals surface area contributed by atoms with Crippen LogP contribution in [-0.2, 0) is 22.4 Å². The Bertz CT molecular complexity index is 1400. The zero-order chi connectivity index (χ0) is 29.6. The van der Waals surface area contributed by atoms with E-state index in [1.54, 1.807) is 24.3 Å². The summed E-state index contributed by atoms with van der Waals surface area (Å²) in [5.41, 5.74) is 4.49. The summed E-state index contributed by atoms with van der Waals surface area (Å²) in [5, 5.41) is 1.37. The van der Waals surface area contributed by atoms with Crippen LogP contribution in [0, 0.1) is 0 Å². The molecular formula is C38H40O4. The Balaban J connectivity index is 1.37. The molecule has 0 amide bonds. The average molecular weight is 561 g/mol. The molecule has 4 aromatic rings. The average Bonchev–Trinajstić information content (AvgIpc) is 3.02. The van der Waals surface area contributed by atoms with E-state index in [0.29, 0.717) is 22.3 Å². The van der Waals surface area contributed by atoms with E-state index in [9.17, 15) is 9.59 Å². The van der Waals surface area contributed by atoms with Crippen molar-refractivity contribution in [3.8, 4) is 11.5 Å². The van der Waals surface area contributed by atoms with Crippen LogP contribution in [0.5, 0.6) is 11.5 Å². The molecule has 4 rings (SSSR count). The fourth-order valence-electron chi connectivity index (χ4n) is 4.78. The first-order valence-corrected chi connectivity index (χ1v) is 15.0. The first-order chi connectivity index (χ1) is 20.6. The highest BCUT2D eigenvalue weighted by molar-refractivity contribution is 5.99. The second-order valence-corrected chi connectivity index (χ2v) is 10.5.